The van der Waals surface area contributed by atoms with Crippen molar-refractivity contribution in [3.8, 4) is 0 Å². The van der Waals surface area contributed by atoms with Gasteiger partial charge in [0.2, 0.25) is 0 Å². The third-order valence-corrected chi connectivity index (χ3v) is 5.99. The third-order valence-electron chi connectivity index (χ3n) is 5.99. The number of rotatable bonds is 9. The van der Waals surface area contributed by atoms with Crippen molar-refractivity contribution in [1.29, 1.82) is 0 Å². The number of nitrogens with one attached hydrogen (secondary N) is 1. The molecule has 1 N–H and O–H groups in total. The molecule has 0 atom stereocenters. The minimum atomic E-state index is -0.811. The lowest BCUT2D eigenvalue weighted by Crippen LogP contribution is -2.36. The Morgan fingerprint density at radius 3 is 1.97 bits per heavy atom. The Morgan fingerprint density at radius 1 is 0.806 bits per heavy atom. The summed E-state index contributed by atoms with van der Waals surface area (Å²) in [4.78, 5) is 14.8. The molecule has 0 aliphatic heterocycles. The number of urea groups is 1. The van der Waals surface area contributed by atoms with E-state index in [2.05, 4.69) is 29.6 Å². The van der Waals surface area contributed by atoms with Gasteiger partial charge in [-0.15, -0.1) is 0 Å². The summed E-state index contributed by atoms with van der Waals surface area (Å²) in [6.07, 6.45) is 4.53. The predicted octanol–water partition coefficient (Wildman–Crippen LogP) is 7.73. The fraction of sp³-hybridized carbons (Fsp3) is 0.129. The average Bonchev–Trinajstić information content (AvgIpc) is 2.91. The Bertz CT molecular complexity index is 1240. The fourth-order valence-electron chi connectivity index (χ4n) is 4.12. The van der Waals surface area contributed by atoms with Gasteiger partial charge in [-0.25, -0.2) is 13.6 Å². The molecular formula is C31H28F2N2O. The summed E-state index contributed by atoms with van der Waals surface area (Å²) in [5.74, 6) is -1.42. The van der Waals surface area contributed by atoms with E-state index in [4.69, 9.17) is 0 Å². The van der Waals surface area contributed by atoms with Crippen LogP contribution in [0.5, 0.6) is 0 Å². The van der Waals surface area contributed by atoms with Gasteiger partial charge in [0.15, 0.2) is 0 Å². The number of halogens is 2. The van der Waals surface area contributed by atoms with Crippen molar-refractivity contribution < 1.29 is 13.6 Å². The molecule has 5 heteroatoms. The van der Waals surface area contributed by atoms with Gasteiger partial charge in [0.25, 0.3) is 0 Å². The number of hydrogen-bond acceptors (Lipinski definition) is 1. The molecule has 3 nitrogen and oxygen atoms in total. The molecule has 0 fully saturated rings. The van der Waals surface area contributed by atoms with Crippen molar-refractivity contribution >= 4 is 17.8 Å². The molecule has 182 valence electrons. The molecule has 0 spiro atoms. The minimum Gasteiger partial charge on any atom is -0.321 e. The van der Waals surface area contributed by atoms with Gasteiger partial charge >= 0.3 is 6.03 Å². The van der Waals surface area contributed by atoms with Crippen LogP contribution in [0.1, 0.15) is 29.0 Å². The molecule has 0 aliphatic carbocycles. The van der Waals surface area contributed by atoms with Crippen molar-refractivity contribution in [1.82, 2.24) is 4.90 Å². The van der Waals surface area contributed by atoms with Crippen LogP contribution < -0.4 is 5.32 Å². The van der Waals surface area contributed by atoms with Gasteiger partial charge in [-0.3, -0.25) is 0 Å². The summed E-state index contributed by atoms with van der Waals surface area (Å²) >= 11 is 0. The highest BCUT2D eigenvalue weighted by molar-refractivity contribution is 5.89. The van der Waals surface area contributed by atoms with Gasteiger partial charge in [0.05, 0.1) is 5.69 Å². The Balaban J connectivity index is 1.54. The first kappa shape index (κ1) is 24.9. The molecule has 0 radical (unpaired) electrons. The van der Waals surface area contributed by atoms with Gasteiger partial charge in [0.1, 0.15) is 11.6 Å². The second kappa shape index (κ2) is 12.5. The van der Waals surface area contributed by atoms with Crippen LogP contribution in [0.2, 0.25) is 0 Å². The molecule has 0 aromatic heterocycles. The van der Waals surface area contributed by atoms with E-state index in [1.54, 1.807) is 4.90 Å². The summed E-state index contributed by atoms with van der Waals surface area (Å²) in [6.45, 7) is 0.766. The van der Waals surface area contributed by atoms with Gasteiger partial charge in [-0.2, -0.15) is 0 Å². The zero-order valence-electron chi connectivity index (χ0n) is 19.9. The average molecular weight is 483 g/mol. The van der Waals surface area contributed by atoms with Crippen LogP contribution in [0.15, 0.2) is 115 Å². The summed E-state index contributed by atoms with van der Waals surface area (Å²) in [7, 11) is 0. The van der Waals surface area contributed by atoms with E-state index in [1.165, 1.54) is 6.07 Å². The molecular weight excluding hydrogens is 454 g/mol. The fourth-order valence-corrected chi connectivity index (χ4v) is 4.12. The molecule has 0 bridgehead atoms. The molecule has 0 unspecified atom stereocenters. The lowest BCUT2D eigenvalue weighted by atomic mass is 9.88. The second-order valence-electron chi connectivity index (χ2n) is 8.48. The van der Waals surface area contributed by atoms with Gasteiger partial charge < -0.3 is 10.2 Å². The van der Waals surface area contributed by atoms with Crippen molar-refractivity contribution in [3.63, 3.8) is 0 Å². The van der Waals surface area contributed by atoms with Crippen LogP contribution in [0, 0.1) is 11.6 Å². The van der Waals surface area contributed by atoms with Crippen LogP contribution in [-0.2, 0) is 0 Å². The standard InChI is InChI=1S/C31H28F2N2O/c32-27-18-19-30(29(33)23-27)34-31(36)35(21-10-13-24-11-4-1-5-12-24)22-20-28(25-14-6-2-7-15-25)26-16-8-3-9-17-26/h1-19,23,28H,20-22H2,(H,34,36)/b13-10-. The number of hydrogen-bond donors (Lipinski definition) is 1. The van der Waals surface area contributed by atoms with E-state index in [9.17, 15) is 13.6 Å². The number of anilines is 1. The summed E-state index contributed by atoms with van der Waals surface area (Å²) < 4.78 is 27.5. The molecule has 0 saturated carbocycles. The number of benzene rings is 4. The molecule has 0 heterocycles. The van der Waals surface area contributed by atoms with Gasteiger partial charge in [-0.05, 0) is 35.2 Å². The Morgan fingerprint density at radius 2 is 1.39 bits per heavy atom. The topological polar surface area (TPSA) is 32.3 Å². The highest BCUT2D eigenvalue weighted by Crippen LogP contribution is 2.28. The van der Waals surface area contributed by atoms with Crippen LogP contribution in [0.4, 0.5) is 19.3 Å². The highest BCUT2D eigenvalue weighted by atomic mass is 19.1. The van der Waals surface area contributed by atoms with Gasteiger partial charge in [-0.1, -0.05) is 103 Å². The quantitative estimate of drug-likeness (QED) is 0.260. The van der Waals surface area contributed by atoms with E-state index in [1.807, 2.05) is 78.9 Å². The van der Waals surface area contributed by atoms with Crippen LogP contribution in [-0.4, -0.2) is 24.0 Å². The maximum Gasteiger partial charge on any atom is 0.322 e. The van der Waals surface area contributed by atoms with Crippen molar-refractivity contribution in [2.24, 2.45) is 0 Å². The third kappa shape index (κ3) is 6.89. The van der Waals surface area contributed by atoms with Crippen LogP contribution in [0.3, 0.4) is 0 Å². The number of amides is 2. The molecule has 36 heavy (non-hydrogen) atoms. The van der Waals surface area contributed by atoms with Crippen molar-refractivity contribution in [3.05, 3.63) is 144 Å². The van der Waals surface area contributed by atoms with E-state index in [0.717, 1.165) is 28.8 Å². The maximum absolute atomic E-state index is 14.2. The molecule has 0 saturated heterocycles. The Kier molecular flexibility index (Phi) is 8.60. The highest BCUT2D eigenvalue weighted by Gasteiger charge is 2.19. The molecule has 4 aromatic rings. The van der Waals surface area contributed by atoms with E-state index in [-0.39, 0.29) is 11.6 Å². The zero-order chi connectivity index (χ0) is 25.2. The first-order chi connectivity index (χ1) is 17.6. The zero-order valence-corrected chi connectivity index (χ0v) is 19.9. The number of nitrogens with zero attached hydrogens (tertiary/aromatic N) is 1. The second-order valence-corrected chi connectivity index (χ2v) is 8.48. The molecule has 4 rings (SSSR count). The molecule has 2 amide bonds. The minimum absolute atomic E-state index is 0.0545. The molecule has 4 aromatic carbocycles. The van der Waals surface area contributed by atoms with E-state index < -0.39 is 17.7 Å². The lowest BCUT2D eigenvalue weighted by molar-refractivity contribution is 0.215. The van der Waals surface area contributed by atoms with E-state index >= 15 is 0 Å². The number of carbonyl (C=O) groups excluding carboxylic acids is 1. The smallest absolute Gasteiger partial charge is 0.321 e. The Labute approximate surface area is 210 Å². The SMILES string of the molecule is O=C(Nc1ccc(F)cc1F)N(C/C=C\c1ccccc1)CCC(c1ccccc1)c1ccccc1. The van der Waals surface area contributed by atoms with Crippen molar-refractivity contribution in [2.45, 2.75) is 12.3 Å². The lowest BCUT2D eigenvalue weighted by Gasteiger charge is -2.25. The largest absolute Gasteiger partial charge is 0.322 e. The normalized spacial score (nSPS) is 11.1. The predicted molar refractivity (Wildman–Crippen MR) is 142 cm³/mol. The van der Waals surface area contributed by atoms with Gasteiger partial charge in [0, 0.05) is 25.1 Å². The molecule has 0 aliphatic rings. The van der Waals surface area contributed by atoms with Crippen molar-refractivity contribution in [2.75, 3.05) is 18.4 Å². The summed E-state index contributed by atoms with van der Waals surface area (Å²) in [5.41, 5.74) is 3.29. The monoisotopic (exact) mass is 482 g/mol. The maximum atomic E-state index is 14.2. The van der Waals surface area contributed by atoms with Crippen LogP contribution in [0.25, 0.3) is 6.08 Å². The summed E-state index contributed by atoms with van der Waals surface area (Å²) in [6, 6.07) is 32.8. The first-order valence-electron chi connectivity index (χ1n) is 11.9. The first-order valence-corrected chi connectivity index (χ1v) is 11.9. The number of carbonyl (C=O) groups is 1. The van der Waals surface area contributed by atoms with Crippen LogP contribution >= 0.6 is 0 Å². The Hall–Kier alpha value is -4.25. The van der Waals surface area contributed by atoms with E-state index in [0.29, 0.717) is 19.5 Å². The summed E-state index contributed by atoms with van der Waals surface area (Å²) in [5, 5.41) is 2.60.